The molecule has 0 fully saturated rings. The predicted octanol–water partition coefficient (Wildman–Crippen LogP) is 3.24. The van der Waals surface area contributed by atoms with Gasteiger partial charge in [-0.3, -0.25) is 4.79 Å². The number of carbonyl (C=O) groups excluding carboxylic acids is 1. The van der Waals surface area contributed by atoms with Crippen LogP contribution in [-0.4, -0.2) is 35.1 Å². The first-order valence-electron chi connectivity index (χ1n) is 8.79. The third-order valence-electron chi connectivity index (χ3n) is 4.42. The van der Waals surface area contributed by atoms with Crippen molar-refractivity contribution in [3.05, 3.63) is 78.3 Å². The Morgan fingerprint density at radius 2 is 1.55 bits per heavy atom. The van der Waals surface area contributed by atoms with E-state index in [4.69, 9.17) is 13.9 Å². The van der Waals surface area contributed by atoms with Gasteiger partial charge in [0.25, 0.3) is 5.91 Å². The highest BCUT2D eigenvalue weighted by atomic mass is 32.2. The lowest BCUT2D eigenvalue weighted by molar-refractivity contribution is 0.0953. The average molecular weight is 415 g/mol. The van der Waals surface area contributed by atoms with Crippen molar-refractivity contribution in [2.24, 2.45) is 0 Å². The Hall–Kier alpha value is -3.26. The predicted molar refractivity (Wildman–Crippen MR) is 107 cm³/mol. The van der Waals surface area contributed by atoms with Crippen molar-refractivity contribution in [3.8, 4) is 11.5 Å². The summed E-state index contributed by atoms with van der Waals surface area (Å²) in [4.78, 5) is 12.6. The fourth-order valence-corrected chi connectivity index (χ4v) is 4.38. The summed E-state index contributed by atoms with van der Waals surface area (Å²) < 4.78 is 41.9. The summed E-state index contributed by atoms with van der Waals surface area (Å²) in [7, 11) is -0.783. The molecule has 0 radical (unpaired) electrons. The molecule has 0 bridgehead atoms. The summed E-state index contributed by atoms with van der Waals surface area (Å²) in [5.41, 5.74) is 0.394. The number of methoxy groups -OCH3 is 2. The molecule has 29 heavy (non-hydrogen) atoms. The molecule has 3 rings (SSSR count). The highest BCUT2D eigenvalue weighted by Crippen LogP contribution is 2.30. The van der Waals surface area contributed by atoms with Crippen molar-refractivity contribution in [1.29, 1.82) is 0 Å². The van der Waals surface area contributed by atoms with Crippen molar-refractivity contribution in [3.63, 3.8) is 0 Å². The molecule has 1 amide bonds. The lowest BCUT2D eigenvalue weighted by Crippen LogP contribution is -2.31. The van der Waals surface area contributed by atoms with E-state index in [-0.39, 0.29) is 17.2 Å². The van der Waals surface area contributed by atoms with Crippen LogP contribution in [0.3, 0.4) is 0 Å². The molecule has 152 valence electrons. The van der Waals surface area contributed by atoms with Crippen LogP contribution in [0.5, 0.6) is 11.5 Å². The molecule has 3 aromatic rings. The molecule has 0 aliphatic rings. The van der Waals surface area contributed by atoms with Crippen LogP contribution in [0.4, 0.5) is 0 Å². The molecule has 1 heterocycles. The molecular weight excluding hydrogens is 394 g/mol. The van der Waals surface area contributed by atoms with Gasteiger partial charge < -0.3 is 19.2 Å². The number of hydrogen-bond acceptors (Lipinski definition) is 6. The molecule has 1 aromatic heterocycles. The molecule has 1 atom stereocenters. The van der Waals surface area contributed by atoms with Gasteiger partial charge in [-0.25, -0.2) is 8.42 Å². The zero-order valence-electron chi connectivity index (χ0n) is 16.0. The number of carbonyl (C=O) groups is 1. The maximum absolute atomic E-state index is 13.2. The molecule has 0 saturated carbocycles. The van der Waals surface area contributed by atoms with E-state index in [0.29, 0.717) is 17.1 Å². The number of hydrogen-bond donors (Lipinski definition) is 1. The van der Waals surface area contributed by atoms with Gasteiger partial charge in [-0.15, -0.1) is 0 Å². The Balaban J connectivity index is 1.82. The highest BCUT2D eigenvalue weighted by molar-refractivity contribution is 7.91. The van der Waals surface area contributed by atoms with E-state index in [1.807, 2.05) is 0 Å². The van der Waals surface area contributed by atoms with Gasteiger partial charge in [0, 0.05) is 12.1 Å². The molecule has 0 saturated heterocycles. The van der Waals surface area contributed by atoms with Crippen LogP contribution in [0, 0.1) is 0 Å². The van der Waals surface area contributed by atoms with Crippen molar-refractivity contribution in [2.75, 3.05) is 20.8 Å². The normalized spacial score (nSPS) is 12.2. The topological polar surface area (TPSA) is 94.8 Å². The number of ether oxygens (including phenoxy) is 2. The van der Waals surface area contributed by atoms with E-state index in [1.54, 1.807) is 48.5 Å². The second-order valence-electron chi connectivity index (χ2n) is 6.16. The van der Waals surface area contributed by atoms with Crippen LogP contribution in [-0.2, 0) is 9.84 Å². The Morgan fingerprint density at radius 1 is 0.966 bits per heavy atom. The van der Waals surface area contributed by atoms with E-state index < -0.39 is 21.0 Å². The third kappa shape index (κ3) is 4.60. The first kappa shape index (κ1) is 20.5. The van der Waals surface area contributed by atoms with Gasteiger partial charge in [0.2, 0.25) is 0 Å². The maximum atomic E-state index is 13.2. The maximum Gasteiger partial charge on any atom is 0.251 e. The van der Waals surface area contributed by atoms with E-state index in [0.717, 1.165) is 0 Å². The van der Waals surface area contributed by atoms with Gasteiger partial charge in [0.15, 0.2) is 9.84 Å². The largest absolute Gasteiger partial charge is 0.497 e. The van der Waals surface area contributed by atoms with E-state index in [1.165, 1.54) is 32.6 Å². The second-order valence-corrected chi connectivity index (χ2v) is 8.29. The lowest BCUT2D eigenvalue weighted by atomic mass is 10.2. The average Bonchev–Trinajstić information content (AvgIpc) is 3.28. The summed E-state index contributed by atoms with van der Waals surface area (Å²) >= 11 is 0. The van der Waals surface area contributed by atoms with Crippen LogP contribution in [0.1, 0.15) is 21.4 Å². The molecule has 8 heteroatoms. The fourth-order valence-electron chi connectivity index (χ4n) is 2.80. The number of furan rings is 1. The van der Waals surface area contributed by atoms with Gasteiger partial charge in [-0.2, -0.15) is 0 Å². The number of amides is 1. The zero-order valence-corrected chi connectivity index (χ0v) is 16.8. The van der Waals surface area contributed by atoms with Crippen LogP contribution < -0.4 is 14.8 Å². The minimum atomic E-state index is -3.82. The van der Waals surface area contributed by atoms with Crippen molar-refractivity contribution < 1.29 is 27.1 Å². The van der Waals surface area contributed by atoms with Crippen LogP contribution in [0.2, 0.25) is 0 Å². The van der Waals surface area contributed by atoms with Gasteiger partial charge >= 0.3 is 0 Å². The number of nitrogens with one attached hydrogen (secondary N) is 1. The Morgan fingerprint density at radius 3 is 2.07 bits per heavy atom. The molecule has 0 spiro atoms. The second kappa shape index (κ2) is 8.83. The van der Waals surface area contributed by atoms with Crippen molar-refractivity contribution >= 4 is 15.7 Å². The lowest BCUT2D eigenvalue weighted by Gasteiger charge is -2.17. The quantitative estimate of drug-likeness (QED) is 0.607. The van der Waals surface area contributed by atoms with Crippen LogP contribution in [0.15, 0.2) is 76.2 Å². The summed E-state index contributed by atoms with van der Waals surface area (Å²) in [6, 6.07) is 15.8. The monoisotopic (exact) mass is 415 g/mol. The van der Waals surface area contributed by atoms with Gasteiger partial charge in [-0.1, -0.05) is 0 Å². The zero-order chi connectivity index (χ0) is 20.9. The minimum Gasteiger partial charge on any atom is -0.497 e. The van der Waals surface area contributed by atoms with Gasteiger partial charge in [0.1, 0.15) is 22.5 Å². The van der Waals surface area contributed by atoms with Gasteiger partial charge in [0.05, 0.1) is 25.4 Å². The fraction of sp³-hybridized carbons (Fsp3) is 0.190. The SMILES string of the molecule is COc1ccc(C(=O)NCC(c2ccco2)S(=O)(=O)c2ccc(OC)cc2)cc1. The number of rotatable bonds is 8. The van der Waals surface area contributed by atoms with E-state index >= 15 is 0 Å². The van der Waals surface area contributed by atoms with Crippen molar-refractivity contribution in [2.45, 2.75) is 10.1 Å². The standard InChI is InChI=1S/C21H21NO6S/c1-26-16-7-5-15(6-8-16)21(23)22-14-20(19-4-3-13-28-19)29(24,25)18-11-9-17(27-2)10-12-18/h3-13,20H,14H2,1-2H3,(H,22,23). The molecule has 2 aromatic carbocycles. The Labute approximate surface area is 169 Å². The van der Waals surface area contributed by atoms with E-state index in [2.05, 4.69) is 5.32 Å². The number of sulfone groups is 1. The third-order valence-corrected chi connectivity index (χ3v) is 6.50. The summed E-state index contributed by atoms with van der Waals surface area (Å²) in [6.45, 7) is -0.146. The Bertz CT molecular complexity index is 1040. The summed E-state index contributed by atoms with van der Waals surface area (Å²) in [6.07, 6.45) is 1.40. The van der Waals surface area contributed by atoms with Crippen molar-refractivity contribution in [1.82, 2.24) is 5.32 Å². The highest BCUT2D eigenvalue weighted by Gasteiger charge is 2.32. The molecular formula is C21H21NO6S. The van der Waals surface area contributed by atoms with Gasteiger partial charge in [-0.05, 0) is 60.7 Å². The van der Waals surface area contributed by atoms with E-state index in [9.17, 15) is 13.2 Å². The first-order valence-corrected chi connectivity index (χ1v) is 10.3. The Kier molecular flexibility index (Phi) is 6.23. The molecule has 1 unspecified atom stereocenters. The smallest absolute Gasteiger partial charge is 0.251 e. The first-order chi connectivity index (χ1) is 14.0. The molecule has 1 N–H and O–H groups in total. The number of benzene rings is 2. The molecule has 7 nitrogen and oxygen atoms in total. The summed E-state index contributed by atoms with van der Waals surface area (Å²) in [5, 5.41) is 1.60. The van der Waals surface area contributed by atoms with Crippen LogP contribution in [0.25, 0.3) is 0 Å². The minimum absolute atomic E-state index is 0.110. The molecule has 0 aliphatic carbocycles. The van der Waals surface area contributed by atoms with Crippen LogP contribution >= 0.6 is 0 Å². The molecule has 0 aliphatic heterocycles. The summed E-state index contributed by atoms with van der Waals surface area (Å²) in [5.74, 6) is 1.02.